The molecule has 3 amide bonds. The molecule has 2 aromatic heterocycles. The van der Waals surface area contributed by atoms with Crippen molar-refractivity contribution < 1.29 is 19.1 Å². The fourth-order valence-corrected chi connectivity index (χ4v) is 6.08. The standard InChI is InChI=1S/C31H36N6O4S/c1-5-27(38)37-13-11-36(12-14-37)18-25(31-34-17-26(42-31)21-8-9-21)41-24-15-20(3)22(16-23(24)29(39)32-4)30(40)35-28-19(2)7-6-10-33-28/h5-7,10,15-17,21,25H,1,8-9,11-14,18H2,2-4H3,(H,32,39)(H,33,35,40). The molecule has 1 aliphatic carbocycles. The first-order chi connectivity index (χ1) is 20.3. The number of aromatic nitrogens is 2. The largest absolute Gasteiger partial charge is 0.481 e. The number of piperazine rings is 1. The van der Waals surface area contributed by atoms with Crippen molar-refractivity contribution in [3.63, 3.8) is 0 Å². The van der Waals surface area contributed by atoms with Gasteiger partial charge in [0.15, 0.2) is 6.10 Å². The predicted molar refractivity (Wildman–Crippen MR) is 162 cm³/mol. The van der Waals surface area contributed by atoms with Crippen LogP contribution in [0.1, 0.15) is 66.6 Å². The third-order valence-electron chi connectivity index (χ3n) is 7.63. The molecule has 1 saturated heterocycles. The van der Waals surface area contributed by atoms with E-state index in [1.165, 1.54) is 23.8 Å². The molecule has 0 spiro atoms. The molecular weight excluding hydrogens is 552 g/mol. The van der Waals surface area contributed by atoms with E-state index in [0.717, 1.165) is 10.6 Å². The lowest BCUT2D eigenvalue weighted by Gasteiger charge is -2.35. The second kappa shape index (κ2) is 12.8. The lowest BCUT2D eigenvalue weighted by atomic mass is 10.0. The summed E-state index contributed by atoms with van der Waals surface area (Å²) in [6.07, 6.45) is 6.81. The molecule has 0 bridgehead atoms. The zero-order chi connectivity index (χ0) is 29.8. The van der Waals surface area contributed by atoms with E-state index in [0.29, 0.717) is 61.3 Å². The second-order valence-electron chi connectivity index (χ2n) is 10.7. The zero-order valence-electron chi connectivity index (χ0n) is 24.2. The summed E-state index contributed by atoms with van der Waals surface area (Å²) >= 11 is 1.65. The Bertz CT molecular complexity index is 1490. The fraction of sp³-hybridized carbons (Fsp3) is 0.387. The summed E-state index contributed by atoms with van der Waals surface area (Å²) in [5, 5.41) is 6.37. The molecule has 2 N–H and O–H groups in total. The van der Waals surface area contributed by atoms with E-state index in [4.69, 9.17) is 9.72 Å². The van der Waals surface area contributed by atoms with Crippen LogP contribution >= 0.6 is 11.3 Å². The number of pyridine rings is 1. The van der Waals surface area contributed by atoms with E-state index in [1.54, 1.807) is 47.7 Å². The highest BCUT2D eigenvalue weighted by Gasteiger charge is 2.31. The number of nitrogens with zero attached hydrogens (tertiary/aromatic N) is 4. The van der Waals surface area contributed by atoms with Crippen LogP contribution < -0.4 is 15.4 Å². The minimum Gasteiger partial charge on any atom is -0.481 e. The summed E-state index contributed by atoms with van der Waals surface area (Å²) < 4.78 is 6.62. The predicted octanol–water partition coefficient (Wildman–Crippen LogP) is 4.09. The van der Waals surface area contributed by atoms with Crippen molar-refractivity contribution in [1.29, 1.82) is 0 Å². The smallest absolute Gasteiger partial charge is 0.257 e. The number of hydrogen-bond donors (Lipinski definition) is 2. The summed E-state index contributed by atoms with van der Waals surface area (Å²) in [4.78, 5) is 52.7. The Morgan fingerprint density at radius 2 is 1.86 bits per heavy atom. The van der Waals surface area contributed by atoms with Crippen LogP contribution in [-0.4, -0.2) is 77.3 Å². The van der Waals surface area contributed by atoms with Crippen LogP contribution in [0, 0.1) is 13.8 Å². The Kier molecular flexibility index (Phi) is 8.98. The quantitative estimate of drug-likeness (QED) is 0.343. The van der Waals surface area contributed by atoms with Crippen LogP contribution in [0.4, 0.5) is 5.82 Å². The average Bonchev–Trinajstić information content (AvgIpc) is 3.73. The molecule has 220 valence electrons. The Hall–Kier alpha value is -4.09. The average molecular weight is 589 g/mol. The molecule has 1 aromatic carbocycles. The van der Waals surface area contributed by atoms with Gasteiger partial charge in [-0.05, 0) is 68.0 Å². The summed E-state index contributed by atoms with van der Waals surface area (Å²) in [7, 11) is 1.55. The van der Waals surface area contributed by atoms with Crippen molar-refractivity contribution in [3.8, 4) is 5.75 Å². The molecule has 5 rings (SSSR count). The summed E-state index contributed by atoms with van der Waals surface area (Å²) in [6, 6.07) is 6.99. The number of nitrogens with one attached hydrogen (secondary N) is 2. The van der Waals surface area contributed by atoms with Crippen LogP contribution in [0.15, 0.2) is 49.3 Å². The van der Waals surface area contributed by atoms with Crippen LogP contribution in [0.5, 0.6) is 5.75 Å². The summed E-state index contributed by atoms with van der Waals surface area (Å²) in [6.45, 7) is 10.4. The third-order valence-corrected chi connectivity index (χ3v) is 8.88. The number of ether oxygens (including phenoxy) is 1. The Morgan fingerprint density at radius 3 is 2.52 bits per heavy atom. The number of amides is 3. The van der Waals surface area contributed by atoms with E-state index in [-0.39, 0.29) is 23.3 Å². The fourth-order valence-electron chi connectivity index (χ4n) is 4.97. The highest BCUT2D eigenvalue weighted by Crippen LogP contribution is 2.44. The number of carbonyl (C=O) groups excluding carboxylic acids is 3. The number of anilines is 1. The summed E-state index contributed by atoms with van der Waals surface area (Å²) in [5.74, 6) is 0.628. The van der Waals surface area contributed by atoms with Gasteiger partial charge in [0.05, 0.1) is 5.56 Å². The normalized spacial score (nSPS) is 16.0. The van der Waals surface area contributed by atoms with Gasteiger partial charge in [-0.15, -0.1) is 11.3 Å². The lowest BCUT2D eigenvalue weighted by Crippen LogP contribution is -2.49. The van der Waals surface area contributed by atoms with Gasteiger partial charge in [-0.1, -0.05) is 12.6 Å². The second-order valence-corrected chi connectivity index (χ2v) is 11.8. The van der Waals surface area contributed by atoms with Crippen molar-refractivity contribution in [1.82, 2.24) is 25.1 Å². The van der Waals surface area contributed by atoms with E-state index >= 15 is 0 Å². The Labute approximate surface area is 249 Å². The van der Waals surface area contributed by atoms with Gasteiger partial charge in [-0.3, -0.25) is 19.3 Å². The molecule has 10 nitrogen and oxygen atoms in total. The van der Waals surface area contributed by atoms with Crippen LogP contribution in [0.2, 0.25) is 0 Å². The SMILES string of the molecule is C=CC(=O)N1CCN(CC(Oc2cc(C)c(C(=O)Nc3ncccc3C)cc2C(=O)NC)c2ncc(C3CC3)s2)CC1. The van der Waals surface area contributed by atoms with Crippen molar-refractivity contribution in [2.75, 3.05) is 45.1 Å². The minimum atomic E-state index is -0.442. The van der Waals surface area contributed by atoms with Crippen LogP contribution in [0.25, 0.3) is 0 Å². The van der Waals surface area contributed by atoms with Crippen molar-refractivity contribution >= 4 is 34.9 Å². The van der Waals surface area contributed by atoms with Gasteiger partial charge in [0.2, 0.25) is 5.91 Å². The van der Waals surface area contributed by atoms with E-state index < -0.39 is 6.10 Å². The van der Waals surface area contributed by atoms with Crippen molar-refractivity contribution in [3.05, 3.63) is 81.5 Å². The lowest BCUT2D eigenvalue weighted by molar-refractivity contribution is -0.127. The van der Waals surface area contributed by atoms with E-state index in [1.807, 2.05) is 26.1 Å². The molecular formula is C31H36N6O4S. The van der Waals surface area contributed by atoms with Gasteiger partial charge < -0.3 is 20.3 Å². The van der Waals surface area contributed by atoms with Gasteiger partial charge in [0.1, 0.15) is 16.6 Å². The number of benzene rings is 1. The monoisotopic (exact) mass is 588 g/mol. The first-order valence-electron chi connectivity index (χ1n) is 14.1. The van der Waals surface area contributed by atoms with Crippen LogP contribution in [0.3, 0.4) is 0 Å². The number of thiazole rings is 1. The van der Waals surface area contributed by atoms with E-state index in [9.17, 15) is 14.4 Å². The first-order valence-corrected chi connectivity index (χ1v) is 14.9. The maximum Gasteiger partial charge on any atom is 0.257 e. The molecule has 42 heavy (non-hydrogen) atoms. The van der Waals surface area contributed by atoms with Crippen molar-refractivity contribution in [2.24, 2.45) is 0 Å². The molecule has 3 heterocycles. The molecule has 2 aliphatic rings. The molecule has 2 fully saturated rings. The molecule has 11 heteroatoms. The van der Waals surface area contributed by atoms with E-state index in [2.05, 4.69) is 27.1 Å². The maximum absolute atomic E-state index is 13.3. The highest BCUT2D eigenvalue weighted by molar-refractivity contribution is 7.11. The Morgan fingerprint density at radius 1 is 1.10 bits per heavy atom. The molecule has 1 unspecified atom stereocenters. The molecule has 1 atom stereocenters. The number of carbonyl (C=O) groups is 3. The number of hydrogen-bond acceptors (Lipinski definition) is 8. The molecule has 0 radical (unpaired) electrons. The van der Waals surface area contributed by atoms with Crippen LogP contribution in [-0.2, 0) is 4.79 Å². The topological polar surface area (TPSA) is 117 Å². The van der Waals surface area contributed by atoms with Gasteiger partial charge >= 0.3 is 0 Å². The number of rotatable bonds is 10. The molecule has 1 saturated carbocycles. The highest BCUT2D eigenvalue weighted by atomic mass is 32.1. The zero-order valence-corrected chi connectivity index (χ0v) is 25.0. The minimum absolute atomic E-state index is 0.0653. The molecule has 1 aliphatic heterocycles. The van der Waals surface area contributed by atoms with Gasteiger partial charge in [-0.2, -0.15) is 0 Å². The summed E-state index contributed by atoms with van der Waals surface area (Å²) in [5.41, 5.74) is 2.12. The maximum atomic E-state index is 13.3. The third kappa shape index (κ3) is 6.69. The first kappa shape index (κ1) is 29.4. The van der Waals surface area contributed by atoms with Crippen molar-refractivity contribution in [2.45, 2.75) is 38.7 Å². The van der Waals surface area contributed by atoms with Gasteiger partial charge in [0.25, 0.3) is 11.8 Å². The van der Waals surface area contributed by atoms with Gasteiger partial charge in [0, 0.05) is 62.6 Å². The van der Waals surface area contributed by atoms with Gasteiger partial charge in [-0.25, -0.2) is 9.97 Å². The Balaban J connectivity index is 1.42. The number of aryl methyl sites for hydroxylation is 2. The molecule has 3 aromatic rings.